The van der Waals surface area contributed by atoms with Crippen LogP contribution in [-0.2, 0) is 10.0 Å². The summed E-state index contributed by atoms with van der Waals surface area (Å²) < 4.78 is 26.6. The van der Waals surface area contributed by atoms with Gasteiger partial charge in [-0.25, -0.2) is 8.42 Å². The van der Waals surface area contributed by atoms with Gasteiger partial charge in [0.2, 0.25) is 10.0 Å². The molecule has 1 saturated heterocycles. The van der Waals surface area contributed by atoms with E-state index in [1.54, 1.807) is 4.31 Å². The summed E-state index contributed by atoms with van der Waals surface area (Å²) in [6.07, 6.45) is 1.79. The Labute approximate surface area is 126 Å². The van der Waals surface area contributed by atoms with Crippen LogP contribution in [0, 0.1) is 0 Å². The molecule has 4 nitrogen and oxygen atoms in total. The minimum atomic E-state index is -3.20. The van der Waals surface area contributed by atoms with Gasteiger partial charge in [0.05, 0.1) is 5.75 Å². The van der Waals surface area contributed by atoms with Crippen molar-refractivity contribution in [2.75, 3.05) is 32.9 Å². The summed E-state index contributed by atoms with van der Waals surface area (Å²) in [6, 6.07) is 7.44. The van der Waals surface area contributed by atoms with Crippen molar-refractivity contribution < 1.29 is 8.42 Å². The lowest BCUT2D eigenvalue weighted by Gasteiger charge is -2.25. The van der Waals surface area contributed by atoms with E-state index >= 15 is 0 Å². The van der Waals surface area contributed by atoms with Crippen LogP contribution in [0.5, 0.6) is 0 Å². The van der Waals surface area contributed by atoms with Crippen molar-refractivity contribution in [1.29, 1.82) is 0 Å². The largest absolute Gasteiger partial charge is 0.308 e. The number of hydrogen-bond donors (Lipinski definition) is 0. The predicted molar refractivity (Wildman–Crippen MR) is 82.5 cm³/mol. The Hall–Kier alpha value is -0.620. The molecule has 2 rings (SSSR count). The second-order valence-corrected chi connectivity index (χ2v) is 7.92. The molecular weight excluding hydrogens is 296 g/mol. The summed E-state index contributed by atoms with van der Waals surface area (Å²) in [5.41, 5.74) is 1.03. The summed E-state index contributed by atoms with van der Waals surface area (Å²) >= 11 is 5.89. The first-order valence-electron chi connectivity index (χ1n) is 6.80. The molecule has 0 bridgehead atoms. The minimum Gasteiger partial charge on any atom is -0.308 e. The Balaban J connectivity index is 2.16. The highest BCUT2D eigenvalue weighted by molar-refractivity contribution is 7.89. The van der Waals surface area contributed by atoms with Gasteiger partial charge in [-0.1, -0.05) is 23.7 Å². The van der Waals surface area contributed by atoms with E-state index in [0.717, 1.165) is 18.4 Å². The van der Waals surface area contributed by atoms with Crippen LogP contribution in [0.3, 0.4) is 0 Å². The monoisotopic (exact) mass is 316 g/mol. The Bertz CT molecular complexity index is 543. The fourth-order valence-electron chi connectivity index (χ4n) is 2.51. The van der Waals surface area contributed by atoms with Crippen LogP contribution >= 0.6 is 11.6 Å². The van der Waals surface area contributed by atoms with Gasteiger partial charge in [-0.2, -0.15) is 4.31 Å². The first kappa shape index (κ1) is 15.8. The van der Waals surface area contributed by atoms with Gasteiger partial charge in [-0.3, -0.25) is 0 Å². The maximum atomic E-state index is 12.5. The number of benzene rings is 1. The lowest BCUT2D eigenvalue weighted by Crippen LogP contribution is -2.35. The summed E-state index contributed by atoms with van der Waals surface area (Å²) in [7, 11) is 0.566. The first-order chi connectivity index (χ1) is 9.40. The summed E-state index contributed by atoms with van der Waals surface area (Å²) in [4.78, 5) is 1.89. The van der Waals surface area contributed by atoms with E-state index in [-0.39, 0.29) is 11.8 Å². The van der Waals surface area contributed by atoms with Crippen LogP contribution < -0.4 is 0 Å². The molecule has 1 heterocycles. The number of halogens is 1. The Morgan fingerprint density at radius 1 is 1.30 bits per heavy atom. The topological polar surface area (TPSA) is 40.6 Å². The van der Waals surface area contributed by atoms with E-state index in [4.69, 9.17) is 11.6 Å². The first-order valence-corrected chi connectivity index (χ1v) is 8.78. The third-order valence-electron chi connectivity index (χ3n) is 3.61. The van der Waals surface area contributed by atoms with Crippen LogP contribution in [0.25, 0.3) is 0 Å². The molecule has 112 valence electrons. The molecule has 0 aliphatic carbocycles. The standard InChI is InChI=1S/C14H21ClN2O2S/c1-16(2)10-11-20(18,19)17-9-3-4-14(17)12-5-7-13(15)8-6-12/h5-8,14H,3-4,9-11H2,1-2H3/t14-/m1/s1. The molecule has 0 saturated carbocycles. The highest BCUT2D eigenvalue weighted by Gasteiger charge is 2.34. The fraction of sp³-hybridized carbons (Fsp3) is 0.571. The number of nitrogens with zero attached hydrogens (tertiary/aromatic N) is 2. The Morgan fingerprint density at radius 2 is 1.95 bits per heavy atom. The maximum Gasteiger partial charge on any atom is 0.215 e. The molecule has 0 aromatic heterocycles. The maximum absolute atomic E-state index is 12.5. The third kappa shape index (κ3) is 3.73. The number of rotatable bonds is 5. The van der Waals surface area contributed by atoms with Gasteiger partial charge in [-0.05, 0) is 44.6 Å². The van der Waals surface area contributed by atoms with Crippen LogP contribution in [0.2, 0.25) is 5.02 Å². The summed E-state index contributed by atoms with van der Waals surface area (Å²) in [6.45, 7) is 1.16. The Kier molecular flexibility index (Phi) is 5.07. The average Bonchev–Trinajstić information content (AvgIpc) is 2.87. The number of sulfonamides is 1. The van der Waals surface area contributed by atoms with Crippen molar-refractivity contribution in [3.8, 4) is 0 Å². The van der Waals surface area contributed by atoms with Gasteiger partial charge in [0.15, 0.2) is 0 Å². The molecule has 1 aliphatic rings. The molecule has 0 N–H and O–H groups in total. The minimum absolute atomic E-state index is 0.0422. The van der Waals surface area contributed by atoms with E-state index in [1.165, 1.54) is 0 Å². The fourth-order valence-corrected chi connectivity index (χ4v) is 4.48. The quantitative estimate of drug-likeness (QED) is 0.837. The SMILES string of the molecule is CN(C)CCS(=O)(=O)N1CCC[C@@H]1c1ccc(Cl)cc1. The van der Waals surface area contributed by atoms with Crippen molar-refractivity contribution >= 4 is 21.6 Å². The van der Waals surface area contributed by atoms with Crippen LogP contribution in [0.15, 0.2) is 24.3 Å². The van der Waals surface area contributed by atoms with Gasteiger partial charge in [0.1, 0.15) is 0 Å². The smallest absolute Gasteiger partial charge is 0.215 e. The highest BCUT2D eigenvalue weighted by atomic mass is 35.5. The molecule has 1 aromatic rings. The highest BCUT2D eigenvalue weighted by Crippen LogP contribution is 2.34. The second-order valence-electron chi connectivity index (χ2n) is 5.44. The summed E-state index contributed by atoms with van der Waals surface area (Å²) in [5.74, 6) is 0.171. The Morgan fingerprint density at radius 3 is 2.55 bits per heavy atom. The molecular formula is C14H21ClN2O2S. The van der Waals surface area contributed by atoms with E-state index in [0.29, 0.717) is 18.1 Å². The molecule has 1 aliphatic heterocycles. The van der Waals surface area contributed by atoms with E-state index in [9.17, 15) is 8.42 Å². The lowest BCUT2D eigenvalue weighted by atomic mass is 10.1. The van der Waals surface area contributed by atoms with Gasteiger partial charge < -0.3 is 4.90 Å². The van der Waals surface area contributed by atoms with Crippen molar-refractivity contribution in [3.63, 3.8) is 0 Å². The number of hydrogen-bond acceptors (Lipinski definition) is 3. The molecule has 20 heavy (non-hydrogen) atoms. The van der Waals surface area contributed by atoms with Gasteiger partial charge in [-0.15, -0.1) is 0 Å². The van der Waals surface area contributed by atoms with Crippen molar-refractivity contribution in [2.45, 2.75) is 18.9 Å². The van der Waals surface area contributed by atoms with Crippen LogP contribution in [-0.4, -0.2) is 50.6 Å². The van der Waals surface area contributed by atoms with Crippen LogP contribution in [0.4, 0.5) is 0 Å². The predicted octanol–water partition coefficient (Wildman–Crippen LogP) is 2.37. The molecule has 0 unspecified atom stereocenters. The third-order valence-corrected chi connectivity index (χ3v) is 5.71. The van der Waals surface area contributed by atoms with Gasteiger partial charge in [0.25, 0.3) is 0 Å². The van der Waals surface area contributed by atoms with E-state index in [2.05, 4.69) is 0 Å². The average molecular weight is 317 g/mol. The molecule has 6 heteroatoms. The van der Waals surface area contributed by atoms with Crippen molar-refractivity contribution in [2.24, 2.45) is 0 Å². The normalized spacial score (nSPS) is 20.7. The zero-order valence-electron chi connectivity index (χ0n) is 11.9. The molecule has 1 fully saturated rings. The summed E-state index contributed by atoms with van der Waals surface area (Å²) in [5, 5.41) is 0.675. The van der Waals surface area contributed by atoms with E-state index in [1.807, 2.05) is 43.3 Å². The van der Waals surface area contributed by atoms with Gasteiger partial charge in [0, 0.05) is 24.2 Å². The molecule has 1 aromatic carbocycles. The van der Waals surface area contributed by atoms with E-state index < -0.39 is 10.0 Å². The van der Waals surface area contributed by atoms with Crippen molar-refractivity contribution in [1.82, 2.24) is 9.21 Å². The zero-order chi connectivity index (χ0) is 14.8. The second kappa shape index (κ2) is 6.43. The molecule has 0 spiro atoms. The van der Waals surface area contributed by atoms with Gasteiger partial charge >= 0.3 is 0 Å². The lowest BCUT2D eigenvalue weighted by molar-refractivity contribution is 0.384. The van der Waals surface area contributed by atoms with Crippen molar-refractivity contribution in [3.05, 3.63) is 34.9 Å². The molecule has 0 amide bonds. The molecule has 0 radical (unpaired) electrons. The zero-order valence-corrected chi connectivity index (χ0v) is 13.5. The molecule has 1 atom stereocenters. The van der Waals surface area contributed by atoms with Crippen LogP contribution in [0.1, 0.15) is 24.4 Å².